The van der Waals surface area contributed by atoms with Gasteiger partial charge in [0.15, 0.2) is 10.9 Å². The van der Waals surface area contributed by atoms with E-state index in [-0.39, 0.29) is 12.0 Å². The number of aromatic nitrogens is 5. The van der Waals surface area contributed by atoms with E-state index in [1.54, 1.807) is 4.68 Å². The minimum Gasteiger partial charge on any atom is -0.379 e. The molecule has 0 fully saturated rings. The number of thioether (sulfide) groups is 1. The lowest BCUT2D eigenvalue weighted by Crippen LogP contribution is -2.27. The lowest BCUT2D eigenvalue weighted by atomic mass is 10.3. The second-order valence-corrected chi connectivity index (χ2v) is 8.33. The summed E-state index contributed by atoms with van der Waals surface area (Å²) >= 11 is 1.46. The predicted molar refractivity (Wildman–Crippen MR) is 120 cm³/mol. The van der Waals surface area contributed by atoms with Crippen LogP contribution < -0.4 is 5.32 Å². The van der Waals surface area contributed by atoms with Crippen LogP contribution >= 0.6 is 11.8 Å². The van der Waals surface area contributed by atoms with Gasteiger partial charge in [0.05, 0.1) is 17.5 Å². The second kappa shape index (κ2) is 11.0. The van der Waals surface area contributed by atoms with Gasteiger partial charge in [-0.05, 0) is 52.3 Å². The molecule has 9 heteroatoms. The molecule has 0 aliphatic carbocycles. The van der Waals surface area contributed by atoms with E-state index in [9.17, 15) is 4.79 Å². The molecule has 3 rings (SSSR count). The number of ether oxygens (including phenoxy) is 1. The quantitative estimate of drug-likeness (QED) is 0.293. The maximum atomic E-state index is 12.8. The van der Waals surface area contributed by atoms with Crippen molar-refractivity contribution in [3.8, 4) is 5.69 Å². The van der Waals surface area contributed by atoms with Crippen molar-refractivity contribution in [1.82, 2.24) is 30.3 Å². The Kier molecular flexibility index (Phi) is 8.13. The topological polar surface area (TPSA) is 94.8 Å². The van der Waals surface area contributed by atoms with Gasteiger partial charge in [-0.3, -0.25) is 4.79 Å². The summed E-state index contributed by atoms with van der Waals surface area (Å²) < 4.78 is 7.22. The molecule has 0 saturated carbocycles. The standard InChI is InChI=1S/C22H28N6O2S/c1-15(2)30-12-8-11-23-21(29)20-19(14-31-22-24-16(3)13-17(4)25-22)28(27-26-20)18-9-6-5-7-10-18/h5-7,9-10,13,15H,8,11-12,14H2,1-4H3,(H,23,29). The molecule has 0 unspecified atom stereocenters. The molecule has 1 aromatic carbocycles. The summed E-state index contributed by atoms with van der Waals surface area (Å²) in [6.45, 7) is 8.97. The molecule has 2 aromatic heterocycles. The van der Waals surface area contributed by atoms with E-state index in [1.165, 1.54) is 11.8 Å². The highest BCUT2D eigenvalue weighted by Gasteiger charge is 2.21. The normalized spacial score (nSPS) is 11.1. The minimum atomic E-state index is -0.247. The third-order valence-electron chi connectivity index (χ3n) is 4.34. The summed E-state index contributed by atoms with van der Waals surface area (Å²) in [7, 11) is 0. The van der Waals surface area contributed by atoms with Gasteiger partial charge in [-0.1, -0.05) is 35.2 Å². The lowest BCUT2D eigenvalue weighted by Gasteiger charge is -2.09. The number of nitrogens with zero attached hydrogens (tertiary/aromatic N) is 5. The molecule has 0 atom stereocenters. The number of aryl methyl sites for hydroxylation is 2. The predicted octanol–water partition coefficient (Wildman–Crippen LogP) is 3.51. The van der Waals surface area contributed by atoms with Crippen molar-refractivity contribution in [2.75, 3.05) is 13.2 Å². The van der Waals surface area contributed by atoms with Crippen molar-refractivity contribution in [3.05, 3.63) is 59.2 Å². The number of para-hydroxylation sites is 1. The van der Waals surface area contributed by atoms with Crippen LogP contribution in [0.4, 0.5) is 0 Å². The van der Waals surface area contributed by atoms with Crippen molar-refractivity contribution in [1.29, 1.82) is 0 Å². The molecular formula is C22H28N6O2S. The molecule has 1 amide bonds. The van der Waals surface area contributed by atoms with Gasteiger partial charge in [-0.25, -0.2) is 14.6 Å². The monoisotopic (exact) mass is 440 g/mol. The Labute approximate surface area is 186 Å². The summed E-state index contributed by atoms with van der Waals surface area (Å²) in [6.07, 6.45) is 0.912. The highest BCUT2D eigenvalue weighted by Crippen LogP contribution is 2.23. The first-order chi connectivity index (χ1) is 14.9. The summed E-state index contributed by atoms with van der Waals surface area (Å²) in [6, 6.07) is 11.6. The molecule has 1 N–H and O–H groups in total. The van der Waals surface area contributed by atoms with E-state index in [2.05, 4.69) is 25.6 Å². The Morgan fingerprint density at radius 2 is 1.87 bits per heavy atom. The fourth-order valence-electron chi connectivity index (χ4n) is 2.95. The van der Waals surface area contributed by atoms with Gasteiger partial charge in [0.2, 0.25) is 0 Å². The largest absolute Gasteiger partial charge is 0.379 e. The fraction of sp³-hybridized carbons (Fsp3) is 0.409. The molecule has 0 spiro atoms. The molecule has 0 bridgehead atoms. The molecule has 3 aromatic rings. The molecule has 2 heterocycles. The number of carbonyl (C=O) groups is 1. The molecule has 0 radical (unpaired) electrons. The fourth-order valence-corrected chi connectivity index (χ4v) is 3.89. The van der Waals surface area contributed by atoms with Crippen LogP contribution in [0.15, 0.2) is 41.6 Å². The van der Waals surface area contributed by atoms with E-state index >= 15 is 0 Å². The van der Waals surface area contributed by atoms with Gasteiger partial charge in [0, 0.05) is 30.3 Å². The van der Waals surface area contributed by atoms with Crippen molar-refractivity contribution in [2.45, 2.75) is 51.1 Å². The van der Waals surface area contributed by atoms with Gasteiger partial charge in [-0.15, -0.1) is 5.10 Å². The Morgan fingerprint density at radius 1 is 1.16 bits per heavy atom. The van der Waals surface area contributed by atoms with Crippen molar-refractivity contribution >= 4 is 17.7 Å². The minimum absolute atomic E-state index is 0.178. The summed E-state index contributed by atoms with van der Waals surface area (Å²) in [4.78, 5) is 21.8. The first kappa shape index (κ1) is 22.9. The van der Waals surface area contributed by atoms with Crippen molar-refractivity contribution in [3.63, 3.8) is 0 Å². The van der Waals surface area contributed by atoms with Crippen molar-refractivity contribution < 1.29 is 9.53 Å². The first-order valence-corrected chi connectivity index (χ1v) is 11.3. The summed E-state index contributed by atoms with van der Waals surface area (Å²) in [5.41, 5.74) is 3.68. The Hall–Kier alpha value is -2.78. The van der Waals surface area contributed by atoms with Crippen LogP contribution in [0.5, 0.6) is 0 Å². The van der Waals surface area contributed by atoms with Gasteiger partial charge in [-0.2, -0.15) is 0 Å². The third kappa shape index (κ3) is 6.60. The van der Waals surface area contributed by atoms with E-state index in [4.69, 9.17) is 4.74 Å². The maximum absolute atomic E-state index is 12.8. The number of rotatable bonds is 10. The van der Waals surface area contributed by atoms with Crippen LogP contribution in [0, 0.1) is 13.8 Å². The van der Waals surface area contributed by atoms with E-state index in [0.29, 0.717) is 35.4 Å². The highest BCUT2D eigenvalue weighted by atomic mass is 32.2. The SMILES string of the molecule is Cc1cc(C)nc(SCc2c(C(=O)NCCCOC(C)C)nnn2-c2ccccc2)n1. The highest BCUT2D eigenvalue weighted by molar-refractivity contribution is 7.98. The third-order valence-corrected chi connectivity index (χ3v) is 5.20. The van der Waals surface area contributed by atoms with Crippen LogP contribution in [0.25, 0.3) is 5.69 Å². The Bertz CT molecular complexity index is 986. The average Bonchev–Trinajstić information content (AvgIpc) is 3.15. The molecule has 164 valence electrons. The van der Waals surface area contributed by atoms with Crippen LogP contribution in [0.2, 0.25) is 0 Å². The van der Waals surface area contributed by atoms with Crippen LogP contribution in [0.3, 0.4) is 0 Å². The zero-order valence-electron chi connectivity index (χ0n) is 18.3. The second-order valence-electron chi connectivity index (χ2n) is 7.38. The van der Waals surface area contributed by atoms with Gasteiger partial charge >= 0.3 is 0 Å². The number of nitrogens with one attached hydrogen (secondary N) is 1. The van der Waals surface area contributed by atoms with Crippen LogP contribution in [-0.4, -0.2) is 50.1 Å². The molecule has 0 aliphatic rings. The maximum Gasteiger partial charge on any atom is 0.273 e. The molecule has 8 nitrogen and oxygen atoms in total. The average molecular weight is 441 g/mol. The molecular weight excluding hydrogens is 412 g/mol. The van der Waals surface area contributed by atoms with Gasteiger partial charge in [0.1, 0.15) is 0 Å². The summed E-state index contributed by atoms with van der Waals surface area (Å²) in [5.74, 6) is 0.216. The molecule has 0 aliphatic heterocycles. The van der Waals surface area contributed by atoms with Gasteiger partial charge in [0.25, 0.3) is 5.91 Å². The smallest absolute Gasteiger partial charge is 0.273 e. The zero-order valence-corrected chi connectivity index (χ0v) is 19.1. The van der Waals surface area contributed by atoms with E-state index in [0.717, 1.165) is 23.5 Å². The number of carbonyl (C=O) groups excluding carboxylic acids is 1. The number of benzene rings is 1. The number of hydrogen-bond donors (Lipinski definition) is 1. The molecule has 31 heavy (non-hydrogen) atoms. The Morgan fingerprint density at radius 3 is 2.55 bits per heavy atom. The Balaban J connectivity index is 1.77. The zero-order chi connectivity index (χ0) is 22.2. The molecule has 0 saturated heterocycles. The van der Waals surface area contributed by atoms with Crippen LogP contribution in [-0.2, 0) is 10.5 Å². The first-order valence-electron chi connectivity index (χ1n) is 10.3. The van der Waals surface area contributed by atoms with Crippen molar-refractivity contribution in [2.24, 2.45) is 0 Å². The number of hydrogen-bond acceptors (Lipinski definition) is 7. The van der Waals surface area contributed by atoms with Crippen LogP contribution in [0.1, 0.15) is 47.8 Å². The van der Waals surface area contributed by atoms with E-state index < -0.39 is 0 Å². The number of amides is 1. The van der Waals surface area contributed by atoms with E-state index in [1.807, 2.05) is 64.1 Å². The summed E-state index contributed by atoms with van der Waals surface area (Å²) in [5, 5.41) is 12.0. The van der Waals surface area contributed by atoms with Gasteiger partial charge < -0.3 is 10.1 Å². The lowest BCUT2D eigenvalue weighted by molar-refractivity contribution is 0.0756.